The zero-order valence-electron chi connectivity index (χ0n) is 11.2. The van der Waals surface area contributed by atoms with Gasteiger partial charge >= 0.3 is 5.97 Å². The predicted octanol–water partition coefficient (Wildman–Crippen LogP) is 2.11. The van der Waals surface area contributed by atoms with Crippen molar-refractivity contribution in [1.29, 1.82) is 0 Å². The Morgan fingerprint density at radius 1 is 1.32 bits per heavy atom. The van der Waals surface area contributed by atoms with Crippen molar-refractivity contribution in [3.63, 3.8) is 0 Å². The van der Waals surface area contributed by atoms with Crippen molar-refractivity contribution < 1.29 is 14.1 Å². The fourth-order valence-electron chi connectivity index (χ4n) is 1.76. The molecule has 0 spiro atoms. The van der Waals surface area contributed by atoms with E-state index in [0.29, 0.717) is 5.82 Å². The summed E-state index contributed by atoms with van der Waals surface area (Å²) < 4.78 is 9.65. The van der Waals surface area contributed by atoms with Gasteiger partial charge in [-0.1, -0.05) is 35.5 Å². The van der Waals surface area contributed by atoms with E-state index < -0.39 is 5.97 Å². The molecular formula is C14H16N2O3. The van der Waals surface area contributed by atoms with Gasteiger partial charge < -0.3 is 9.26 Å². The summed E-state index contributed by atoms with van der Waals surface area (Å²) >= 11 is 0. The summed E-state index contributed by atoms with van der Waals surface area (Å²) in [5.74, 6) is 0.427. The molecule has 1 heterocycles. The highest BCUT2D eigenvalue weighted by Crippen LogP contribution is 2.28. The number of esters is 1. The molecule has 0 N–H and O–H groups in total. The van der Waals surface area contributed by atoms with Crippen LogP contribution in [-0.2, 0) is 21.4 Å². The van der Waals surface area contributed by atoms with Crippen molar-refractivity contribution in [3.05, 3.63) is 47.6 Å². The fourth-order valence-corrected chi connectivity index (χ4v) is 1.76. The van der Waals surface area contributed by atoms with Gasteiger partial charge in [0.2, 0.25) is 5.89 Å². The zero-order chi connectivity index (χ0) is 13.9. The number of methoxy groups -OCH3 is 1. The minimum atomic E-state index is -0.396. The Kier molecular flexibility index (Phi) is 3.64. The molecule has 0 bridgehead atoms. The number of ether oxygens (including phenoxy) is 1. The van der Waals surface area contributed by atoms with E-state index in [1.165, 1.54) is 7.11 Å². The molecule has 5 nitrogen and oxygen atoms in total. The van der Waals surface area contributed by atoms with Crippen LogP contribution in [0.2, 0.25) is 0 Å². The highest BCUT2D eigenvalue weighted by atomic mass is 16.5. The van der Waals surface area contributed by atoms with E-state index in [9.17, 15) is 4.79 Å². The van der Waals surface area contributed by atoms with Gasteiger partial charge in [0.1, 0.15) is 6.42 Å². The van der Waals surface area contributed by atoms with E-state index in [0.717, 1.165) is 5.56 Å². The topological polar surface area (TPSA) is 65.2 Å². The maximum Gasteiger partial charge on any atom is 0.315 e. The lowest BCUT2D eigenvalue weighted by Crippen LogP contribution is -2.20. The Bertz CT molecular complexity index is 561. The van der Waals surface area contributed by atoms with E-state index in [-0.39, 0.29) is 17.7 Å². The monoisotopic (exact) mass is 260 g/mol. The number of benzene rings is 1. The van der Waals surface area contributed by atoms with Crippen LogP contribution in [0.1, 0.15) is 31.1 Å². The van der Waals surface area contributed by atoms with Crippen LogP contribution < -0.4 is 0 Å². The molecule has 100 valence electrons. The standard InChI is InChI=1S/C14H16N2O3/c1-14(2,10-7-5-4-6-8-10)13-15-11(19-16-13)9-12(17)18-3/h4-8H,9H2,1-3H3. The Balaban J connectivity index is 2.24. The van der Waals surface area contributed by atoms with Crippen LogP contribution >= 0.6 is 0 Å². The first kappa shape index (κ1) is 13.3. The molecule has 0 unspecified atom stereocenters. The lowest BCUT2D eigenvalue weighted by atomic mass is 9.84. The summed E-state index contributed by atoms with van der Waals surface area (Å²) in [6, 6.07) is 9.91. The number of carbonyl (C=O) groups excluding carboxylic acids is 1. The SMILES string of the molecule is COC(=O)Cc1nc(C(C)(C)c2ccccc2)no1. The van der Waals surface area contributed by atoms with Crippen molar-refractivity contribution in [1.82, 2.24) is 10.1 Å². The molecule has 5 heteroatoms. The van der Waals surface area contributed by atoms with Crippen LogP contribution in [0.4, 0.5) is 0 Å². The zero-order valence-corrected chi connectivity index (χ0v) is 11.2. The van der Waals surface area contributed by atoms with Crippen LogP contribution in [0.3, 0.4) is 0 Å². The molecule has 0 saturated carbocycles. The number of carbonyl (C=O) groups is 1. The smallest absolute Gasteiger partial charge is 0.315 e. The highest BCUT2D eigenvalue weighted by molar-refractivity contribution is 5.71. The van der Waals surface area contributed by atoms with Gasteiger partial charge in [0.15, 0.2) is 5.82 Å². The lowest BCUT2D eigenvalue weighted by molar-refractivity contribution is -0.140. The van der Waals surface area contributed by atoms with Gasteiger partial charge in [-0.3, -0.25) is 4.79 Å². The highest BCUT2D eigenvalue weighted by Gasteiger charge is 2.29. The molecular weight excluding hydrogens is 244 g/mol. The minimum absolute atomic E-state index is 0.00559. The van der Waals surface area contributed by atoms with Crippen LogP contribution in [0.5, 0.6) is 0 Å². The van der Waals surface area contributed by atoms with Crippen LogP contribution in [0, 0.1) is 0 Å². The van der Waals surface area contributed by atoms with Crippen LogP contribution in [0.15, 0.2) is 34.9 Å². The minimum Gasteiger partial charge on any atom is -0.469 e. The molecule has 0 radical (unpaired) electrons. The molecule has 1 aromatic carbocycles. The molecule has 2 rings (SSSR count). The Labute approximate surface area is 111 Å². The fraction of sp³-hybridized carbons (Fsp3) is 0.357. The summed E-state index contributed by atoms with van der Waals surface area (Å²) in [5, 5.41) is 3.96. The van der Waals surface area contributed by atoms with Crippen molar-refractivity contribution in [2.45, 2.75) is 25.7 Å². The molecule has 2 aromatic rings. The summed E-state index contributed by atoms with van der Waals surface area (Å²) in [6.45, 7) is 4.02. The first-order valence-corrected chi connectivity index (χ1v) is 5.99. The summed E-state index contributed by atoms with van der Waals surface area (Å²) in [5.41, 5.74) is 0.708. The maximum atomic E-state index is 11.2. The molecule has 19 heavy (non-hydrogen) atoms. The van der Waals surface area contributed by atoms with Crippen molar-refractivity contribution >= 4 is 5.97 Å². The second-order valence-electron chi connectivity index (χ2n) is 4.76. The first-order valence-electron chi connectivity index (χ1n) is 5.99. The summed E-state index contributed by atoms with van der Waals surface area (Å²) in [6.07, 6.45) is -0.00559. The van der Waals surface area contributed by atoms with Crippen molar-refractivity contribution in [3.8, 4) is 0 Å². The Hall–Kier alpha value is -2.17. The number of hydrogen-bond donors (Lipinski definition) is 0. The van der Waals surface area contributed by atoms with Gasteiger partial charge in [0.05, 0.1) is 12.5 Å². The molecule has 0 amide bonds. The molecule has 1 aromatic heterocycles. The normalized spacial score (nSPS) is 11.3. The van der Waals surface area contributed by atoms with Gasteiger partial charge in [-0.2, -0.15) is 4.98 Å². The summed E-state index contributed by atoms with van der Waals surface area (Å²) in [7, 11) is 1.33. The second kappa shape index (κ2) is 5.22. The van der Waals surface area contributed by atoms with E-state index in [1.54, 1.807) is 0 Å². The Morgan fingerprint density at radius 2 is 2.00 bits per heavy atom. The van der Waals surface area contributed by atoms with Gasteiger partial charge in [0, 0.05) is 0 Å². The van der Waals surface area contributed by atoms with E-state index in [2.05, 4.69) is 14.9 Å². The largest absolute Gasteiger partial charge is 0.469 e. The van der Waals surface area contributed by atoms with E-state index >= 15 is 0 Å². The van der Waals surface area contributed by atoms with Crippen LogP contribution in [0.25, 0.3) is 0 Å². The second-order valence-corrected chi connectivity index (χ2v) is 4.76. The molecule has 0 saturated heterocycles. The number of nitrogens with zero attached hydrogens (tertiary/aromatic N) is 2. The number of aromatic nitrogens is 2. The number of rotatable bonds is 4. The van der Waals surface area contributed by atoms with Crippen molar-refractivity contribution in [2.24, 2.45) is 0 Å². The van der Waals surface area contributed by atoms with E-state index in [4.69, 9.17) is 4.52 Å². The average molecular weight is 260 g/mol. The van der Waals surface area contributed by atoms with Gasteiger partial charge in [0.25, 0.3) is 0 Å². The Morgan fingerprint density at radius 3 is 2.63 bits per heavy atom. The van der Waals surface area contributed by atoms with Gasteiger partial charge in [-0.15, -0.1) is 0 Å². The third-order valence-corrected chi connectivity index (χ3v) is 3.05. The molecule has 0 atom stereocenters. The molecule has 0 aliphatic rings. The van der Waals surface area contributed by atoms with Gasteiger partial charge in [-0.25, -0.2) is 0 Å². The van der Waals surface area contributed by atoms with E-state index in [1.807, 2.05) is 44.2 Å². The summed E-state index contributed by atoms with van der Waals surface area (Å²) in [4.78, 5) is 15.4. The predicted molar refractivity (Wildman–Crippen MR) is 68.6 cm³/mol. The third kappa shape index (κ3) is 2.81. The molecule has 0 aliphatic heterocycles. The maximum absolute atomic E-state index is 11.2. The molecule has 0 fully saturated rings. The van der Waals surface area contributed by atoms with Crippen molar-refractivity contribution in [2.75, 3.05) is 7.11 Å². The van der Waals surface area contributed by atoms with Crippen LogP contribution in [-0.4, -0.2) is 23.2 Å². The van der Waals surface area contributed by atoms with Gasteiger partial charge in [-0.05, 0) is 19.4 Å². The lowest BCUT2D eigenvalue weighted by Gasteiger charge is -2.20. The first-order chi connectivity index (χ1) is 9.04. The number of hydrogen-bond acceptors (Lipinski definition) is 5. The average Bonchev–Trinajstić information content (AvgIpc) is 2.89. The third-order valence-electron chi connectivity index (χ3n) is 3.05. The quantitative estimate of drug-likeness (QED) is 0.788. The molecule has 0 aliphatic carbocycles.